The summed E-state index contributed by atoms with van der Waals surface area (Å²) in [5.74, 6) is -0.749. The van der Waals surface area contributed by atoms with Gasteiger partial charge in [0, 0.05) is 33.2 Å². The fraction of sp³-hybridized carbons (Fsp3) is 0.0909. The van der Waals surface area contributed by atoms with E-state index in [2.05, 4.69) is 6.07 Å². The Hall–Kier alpha value is -5.26. The first kappa shape index (κ1) is 26.9. The number of ether oxygens (including phenoxy) is 3. The Labute approximate surface area is 245 Å². The van der Waals surface area contributed by atoms with Crippen molar-refractivity contribution in [1.82, 2.24) is 0 Å². The zero-order chi connectivity index (χ0) is 29.4. The summed E-state index contributed by atoms with van der Waals surface area (Å²) in [6, 6.07) is 25.8. The van der Waals surface area contributed by atoms with Crippen LogP contribution in [0.3, 0.4) is 0 Å². The molecule has 7 nitrogen and oxygen atoms in total. The molecule has 1 aliphatic heterocycles. The number of fused-ring (bicyclic) bond motifs is 2. The van der Waals surface area contributed by atoms with Gasteiger partial charge in [-0.3, -0.25) is 0 Å². The Morgan fingerprint density at radius 1 is 1.05 bits per heavy atom. The lowest BCUT2D eigenvalue weighted by atomic mass is 9.83. The number of allylic oxidation sites excluding steroid dienone is 1. The van der Waals surface area contributed by atoms with Gasteiger partial charge in [-0.05, 0) is 55.0 Å². The highest BCUT2D eigenvalue weighted by atomic mass is 35.5. The fourth-order valence-electron chi connectivity index (χ4n) is 4.94. The van der Waals surface area contributed by atoms with Gasteiger partial charge in [0.2, 0.25) is 11.6 Å². The molecule has 1 atom stereocenters. The normalized spacial score (nSPS) is 14.2. The van der Waals surface area contributed by atoms with Crippen molar-refractivity contribution in [3.8, 4) is 23.3 Å². The molecular formula is C33H22ClFN2O5. The summed E-state index contributed by atoms with van der Waals surface area (Å²) in [5, 5.41) is 11.0. The molecule has 208 valence electrons. The quantitative estimate of drug-likeness (QED) is 0.163. The number of rotatable bonds is 6. The monoisotopic (exact) mass is 580 g/mol. The minimum atomic E-state index is -0.749. The van der Waals surface area contributed by atoms with E-state index in [-0.39, 0.29) is 29.6 Å². The van der Waals surface area contributed by atoms with E-state index in [9.17, 15) is 14.4 Å². The van der Waals surface area contributed by atoms with Crippen LogP contribution in [-0.2, 0) is 6.61 Å². The molecular weight excluding hydrogens is 559 g/mol. The average molecular weight is 581 g/mol. The molecule has 5 aromatic rings. The Bertz CT molecular complexity index is 1940. The third-order valence-electron chi connectivity index (χ3n) is 7.03. The molecule has 1 aliphatic rings. The first-order valence-corrected chi connectivity index (χ1v) is 13.3. The van der Waals surface area contributed by atoms with Crippen molar-refractivity contribution < 1.29 is 27.8 Å². The van der Waals surface area contributed by atoms with Crippen molar-refractivity contribution in [1.29, 1.82) is 5.26 Å². The van der Waals surface area contributed by atoms with Crippen LogP contribution in [0.5, 0.6) is 17.2 Å². The largest absolute Gasteiger partial charge is 0.489 e. The van der Waals surface area contributed by atoms with Crippen molar-refractivity contribution in [3.63, 3.8) is 0 Å². The van der Waals surface area contributed by atoms with Crippen LogP contribution in [-0.4, -0.2) is 5.97 Å². The summed E-state index contributed by atoms with van der Waals surface area (Å²) in [7, 11) is 0. The van der Waals surface area contributed by atoms with Gasteiger partial charge in [-0.2, -0.15) is 5.26 Å². The standard InChI is InChI=1S/C33H22ClFN2O5/c1-18-25-14-21(35)9-12-28(25)41-31(18)33(38)40-23-10-11-24-29(15-23)42-32(37)26(16-36)30(24)19-6-4-7-22(13-19)39-17-20-5-2-3-8-27(20)34/h2-15,30H,17,37H2,1H3. The molecule has 42 heavy (non-hydrogen) atoms. The smallest absolute Gasteiger partial charge is 0.379 e. The number of nitrogens with two attached hydrogens (primary N) is 1. The summed E-state index contributed by atoms with van der Waals surface area (Å²) in [4.78, 5) is 13.0. The van der Waals surface area contributed by atoms with Crippen LogP contribution in [0.2, 0.25) is 5.02 Å². The highest BCUT2D eigenvalue weighted by molar-refractivity contribution is 6.31. The molecule has 4 aromatic carbocycles. The maximum absolute atomic E-state index is 13.7. The van der Waals surface area contributed by atoms with Crippen molar-refractivity contribution in [2.75, 3.05) is 0 Å². The van der Waals surface area contributed by atoms with Crippen LogP contribution in [0, 0.1) is 24.1 Å². The van der Waals surface area contributed by atoms with Gasteiger partial charge in [0.1, 0.15) is 46.9 Å². The minimum Gasteiger partial charge on any atom is -0.489 e. The number of furan rings is 1. The van der Waals surface area contributed by atoms with E-state index in [1.165, 1.54) is 24.3 Å². The van der Waals surface area contributed by atoms with E-state index in [0.717, 1.165) is 11.1 Å². The number of hydrogen-bond donors (Lipinski definition) is 1. The van der Waals surface area contributed by atoms with E-state index in [4.69, 9.17) is 36.0 Å². The summed E-state index contributed by atoms with van der Waals surface area (Å²) >= 11 is 6.26. The predicted octanol–water partition coefficient (Wildman–Crippen LogP) is 7.55. The van der Waals surface area contributed by atoms with Gasteiger partial charge < -0.3 is 24.4 Å². The second-order valence-electron chi connectivity index (χ2n) is 9.66. The van der Waals surface area contributed by atoms with E-state index < -0.39 is 17.7 Å². The lowest BCUT2D eigenvalue weighted by Gasteiger charge is -2.27. The van der Waals surface area contributed by atoms with Gasteiger partial charge in [0.25, 0.3) is 0 Å². The summed E-state index contributed by atoms with van der Waals surface area (Å²) in [6.07, 6.45) is 0. The molecule has 0 bridgehead atoms. The molecule has 9 heteroatoms. The Morgan fingerprint density at radius 3 is 2.69 bits per heavy atom. The molecule has 2 heterocycles. The maximum atomic E-state index is 13.7. The number of esters is 1. The minimum absolute atomic E-state index is 0.0353. The second-order valence-corrected chi connectivity index (χ2v) is 10.1. The third-order valence-corrected chi connectivity index (χ3v) is 7.40. The maximum Gasteiger partial charge on any atom is 0.379 e. The van der Waals surface area contributed by atoms with Gasteiger partial charge in [-0.15, -0.1) is 0 Å². The molecule has 1 unspecified atom stereocenters. The summed E-state index contributed by atoms with van der Waals surface area (Å²) < 4.78 is 36.7. The second kappa shape index (κ2) is 11.0. The molecule has 0 saturated heterocycles. The average Bonchev–Trinajstić information content (AvgIpc) is 3.31. The number of halogens is 2. The molecule has 6 rings (SSSR count). The summed E-state index contributed by atoms with van der Waals surface area (Å²) in [5.41, 5.74) is 9.50. The molecule has 0 amide bonds. The Balaban J connectivity index is 1.28. The number of hydrogen-bond acceptors (Lipinski definition) is 7. The number of nitriles is 1. The van der Waals surface area contributed by atoms with E-state index >= 15 is 0 Å². The van der Waals surface area contributed by atoms with Crippen LogP contribution in [0.25, 0.3) is 11.0 Å². The van der Waals surface area contributed by atoms with Crippen LogP contribution in [0.1, 0.15) is 38.7 Å². The van der Waals surface area contributed by atoms with Gasteiger partial charge in [0.05, 0.1) is 5.92 Å². The topological polar surface area (TPSA) is 108 Å². The zero-order valence-electron chi connectivity index (χ0n) is 22.2. The van der Waals surface area contributed by atoms with Gasteiger partial charge in [0.15, 0.2) is 0 Å². The lowest BCUT2D eigenvalue weighted by Crippen LogP contribution is -2.21. The van der Waals surface area contributed by atoms with E-state index in [1.807, 2.05) is 42.5 Å². The molecule has 0 aliphatic carbocycles. The Kier molecular flexibility index (Phi) is 7.03. The Morgan fingerprint density at radius 2 is 1.88 bits per heavy atom. The van der Waals surface area contributed by atoms with E-state index in [1.54, 1.807) is 25.1 Å². The van der Waals surface area contributed by atoms with Crippen LogP contribution >= 0.6 is 11.6 Å². The van der Waals surface area contributed by atoms with Crippen molar-refractivity contribution in [2.24, 2.45) is 5.73 Å². The third kappa shape index (κ3) is 5.02. The number of aryl methyl sites for hydroxylation is 1. The van der Waals surface area contributed by atoms with Crippen molar-refractivity contribution >= 4 is 28.5 Å². The first-order chi connectivity index (χ1) is 20.3. The highest BCUT2D eigenvalue weighted by Gasteiger charge is 2.31. The molecule has 0 fully saturated rings. The van der Waals surface area contributed by atoms with Crippen LogP contribution in [0.4, 0.5) is 4.39 Å². The zero-order valence-corrected chi connectivity index (χ0v) is 22.9. The summed E-state index contributed by atoms with van der Waals surface area (Å²) in [6.45, 7) is 1.93. The molecule has 2 N–H and O–H groups in total. The molecule has 0 spiro atoms. The van der Waals surface area contributed by atoms with Crippen LogP contribution < -0.4 is 19.9 Å². The SMILES string of the molecule is Cc1c(C(=O)Oc2ccc3c(c2)OC(N)=C(C#N)C3c2cccc(OCc3ccccc3Cl)c2)oc2ccc(F)cc12. The number of carbonyl (C=O) groups is 1. The van der Waals surface area contributed by atoms with Gasteiger partial charge >= 0.3 is 5.97 Å². The van der Waals surface area contributed by atoms with Crippen LogP contribution in [0.15, 0.2) is 101 Å². The number of nitrogens with zero attached hydrogens (tertiary/aromatic N) is 1. The van der Waals surface area contributed by atoms with Gasteiger partial charge in [-0.25, -0.2) is 9.18 Å². The first-order valence-electron chi connectivity index (χ1n) is 12.9. The number of benzene rings is 4. The van der Waals surface area contributed by atoms with Crippen molar-refractivity contribution in [2.45, 2.75) is 19.4 Å². The lowest BCUT2D eigenvalue weighted by molar-refractivity contribution is 0.0702. The molecule has 1 aromatic heterocycles. The van der Waals surface area contributed by atoms with Crippen molar-refractivity contribution in [3.05, 3.63) is 135 Å². The molecule has 0 saturated carbocycles. The van der Waals surface area contributed by atoms with E-state index in [0.29, 0.717) is 38.6 Å². The van der Waals surface area contributed by atoms with Gasteiger partial charge in [-0.1, -0.05) is 48.0 Å². The molecule has 0 radical (unpaired) electrons. The fourth-order valence-corrected chi connectivity index (χ4v) is 5.13. The number of carbonyl (C=O) groups excluding carboxylic acids is 1. The highest BCUT2D eigenvalue weighted by Crippen LogP contribution is 2.44. The predicted molar refractivity (Wildman–Crippen MR) is 154 cm³/mol.